The minimum absolute atomic E-state index is 0.237. The Labute approximate surface area is 167 Å². The van der Waals surface area contributed by atoms with Crippen LogP contribution in [0.1, 0.15) is 11.3 Å². The van der Waals surface area contributed by atoms with Gasteiger partial charge in [-0.3, -0.25) is 9.48 Å². The number of carbonyl (C=O) groups is 1. The summed E-state index contributed by atoms with van der Waals surface area (Å²) in [5.41, 5.74) is 4.57. The summed E-state index contributed by atoms with van der Waals surface area (Å²) in [4.78, 5) is 20.3. The minimum Gasteiger partial charge on any atom is -0.337 e. The van der Waals surface area contributed by atoms with Gasteiger partial charge < -0.3 is 15.2 Å². The second kappa shape index (κ2) is 7.23. The third-order valence-corrected chi connectivity index (χ3v) is 4.63. The summed E-state index contributed by atoms with van der Waals surface area (Å²) < 4.78 is 3.76. The Morgan fingerprint density at radius 1 is 1.17 bits per heavy atom. The molecule has 0 saturated carbocycles. The molecular weight excluding hydrogens is 366 g/mol. The van der Waals surface area contributed by atoms with Gasteiger partial charge in [0.1, 0.15) is 18.0 Å². The number of carbonyl (C=O) groups excluding carboxylic acids is 1. The summed E-state index contributed by atoms with van der Waals surface area (Å²) in [6, 6.07) is 7.65. The topological polar surface area (TPSA) is 89.7 Å². The third-order valence-electron chi connectivity index (χ3n) is 4.63. The van der Waals surface area contributed by atoms with Crippen molar-refractivity contribution < 1.29 is 4.79 Å². The molecule has 0 unspecified atom stereocenters. The van der Waals surface area contributed by atoms with Crippen molar-refractivity contribution in [3.8, 4) is 5.82 Å². The summed E-state index contributed by atoms with van der Waals surface area (Å²) in [5, 5.41) is 11.5. The van der Waals surface area contributed by atoms with Crippen LogP contribution in [-0.4, -0.2) is 30.2 Å². The highest BCUT2D eigenvalue weighted by Gasteiger charge is 2.11. The Morgan fingerprint density at radius 2 is 2.00 bits per heavy atom. The summed E-state index contributed by atoms with van der Waals surface area (Å²) in [6.45, 7) is 7.45. The number of benzene rings is 1. The minimum atomic E-state index is -0.237. The molecule has 4 aromatic rings. The number of anilines is 3. The first-order valence-electron chi connectivity index (χ1n) is 9.09. The van der Waals surface area contributed by atoms with Gasteiger partial charge in [-0.1, -0.05) is 6.58 Å². The SMILES string of the molecule is C=CC(=O)Nc1ccc2c(c1)c(C)cn2-c1cc(Nc2cn(C)nc2C)ncn1. The molecule has 0 saturated heterocycles. The van der Waals surface area contributed by atoms with E-state index in [1.54, 1.807) is 4.68 Å². The van der Waals surface area contributed by atoms with Gasteiger partial charge in [-0.25, -0.2) is 9.97 Å². The molecule has 146 valence electrons. The summed E-state index contributed by atoms with van der Waals surface area (Å²) in [7, 11) is 1.88. The molecule has 0 aliphatic carbocycles. The zero-order chi connectivity index (χ0) is 20.5. The monoisotopic (exact) mass is 387 g/mol. The molecule has 29 heavy (non-hydrogen) atoms. The zero-order valence-electron chi connectivity index (χ0n) is 16.5. The number of hydrogen-bond acceptors (Lipinski definition) is 5. The highest BCUT2D eigenvalue weighted by atomic mass is 16.1. The first-order chi connectivity index (χ1) is 13.9. The van der Waals surface area contributed by atoms with E-state index in [1.807, 2.05) is 62.1 Å². The Hall–Kier alpha value is -3.94. The van der Waals surface area contributed by atoms with Crippen LogP contribution in [-0.2, 0) is 11.8 Å². The highest BCUT2D eigenvalue weighted by Crippen LogP contribution is 2.27. The summed E-state index contributed by atoms with van der Waals surface area (Å²) in [5.74, 6) is 1.18. The predicted octanol–water partition coefficient (Wildman–Crippen LogP) is 3.64. The van der Waals surface area contributed by atoms with Gasteiger partial charge in [0.05, 0.1) is 16.9 Å². The van der Waals surface area contributed by atoms with Gasteiger partial charge in [-0.15, -0.1) is 0 Å². The predicted molar refractivity (Wildman–Crippen MR) is 114 cm³/mol. The van der Waals surface area contributed by atoms with Crippen molar-refractivity contribution >= 4 is 34.0 Å². The molecule has 3 aromatic heterocycles. The number of aryl methyl sites for hydroxylation is 3. The molecule has 8 nitrogen and oxygen atoms in total. The van der Waals surface area contributed by atoms with Crippen molar-refractivity contribution in [2.45, 2.75) is 13.8 Å². The smallest absolute Gasteiger partial charge is 0.247 e. The molecule has 0 aliphatic rings. The van der Waals surface area contributed by atoms with Gasteiger partial charge in [0.25, 0.3) is 0 Å². The lowest BCUT2D eigenvalue weighted by Crippen LogP contribution is -2.07. The van der Waals surface area contributed by atoms with Crippen LogP contribution in [0.3, 0.4) is 0 Å². The molecule has 0 bridgehead atoms. The highest BCUT2D eigenvalue weighted by molar-refractivity contribution is 6.00. The third kappa shape index (κ3) is 3.60. The lowest BCUT2D eigenvalue weighted by atomic mass is 10.2. The van der Waals surface area contributed by atoms with Gasteiger partial charge in [0.2, 0.25) is 5.91 Å². The maximum atomic E-state index is 11.6. The van der Waals surface area contributed by atoms with Crippen molar-refractivity contribution in [2.24, 2.45) is 7.05 Å². The summed E-state index contributed by atoms with van der Waals surface area (Å²) in [6.07, 6.45) is 6.71. The van der Waals surface area contributed by atoms with Gasteiger partial charge in [0, 0.05) is 36.6 Å². The molecule has 0 fully saturated rings. The zero-order valence-corrected chi connectivity index (χ0v) is 16.5. The Balaban J connectivity index is 1.70. The largest absolute Gasteiger partial charge is 0.337 e. The second-order valence-corrected chi connectivity index (χ2v) is 6.80. The molecule has 3 heterocycles. The van der Waals surface area contributed by atoms with E-state index >= 15 is 0 Å². The second-order valence-electron chi connectivity index (χ2n) is 6.80. The Morgan fingerprint density at radius 3 is 2.72 bits per heavy atom. The first-order valence-corrected chi connectivity index (χ1v) is 9.09. The fraction of sp³-hybridized carbons (Fsp3) is 0.143. The average Bonchev–Trinajstić information content (AvgIpc) is 3.20. The van der Waals surface area contributed by atoms with Crippen LogP contribution in [0, 0.1) is 13.8 Å². The van der Waals surface area contributed by atoms with Crippen molar-refractivity contribution in [1.82, 2.24) is 24.3 Å². The lowest BCUT2D eigenvalue weighted by Gasteiger charge is -2.08. The van der Waals surface area contributed by atoms with Crippen molar-refractivity contribution in [1.29, 1.82) is 0 Å². The van der Waals surface area contributed by atoms with Gasteiger partial charge >= 0.3 is 0 Å². The molecular formula is C21H21N7O. The van der Waals surface area contributed by atoms with E-state index in [0.29, 0.717) is 5.82 Å². The Kier molecular flexibility index (Phi) is 4.59. The van der Waals surface area contributed by atoms with Crippen LogP contribution in [0.15, 0.2) is 55.6 Å². The van der Waals surface area contributed by atoms with E-state index in [0.717, 1.165) is 39.4 Å². The van der Waals surface area contributed by atoms with Gasteiger partial charge in [-0.05, 0) is 43.7 Å². The lowest BCUT2D eigenvalue weighted by molar-refractivity contribution is -0.111. The number of aromatic nitrogens is 5. The standard InChI is InChI=1S/C21H21N7O/c1-5-21(29)24-15-6-7-18-16(8-15)13(2)10-28(18)20-9-19(22-12-23-20)25-17-11-27(4)26-14(17)3/h5-12H,1H2,2-4H3,(H,24,29)(H,22,23,25). The van der Waals surface area contributed by atoms with E-state index in [4.69, 9.17) is 0 Å². The molecule has 2 N–H and O–H groups in total. The molecule has 1 aromatic carbocycles. The van der Waals surface area contributed by atoms with Crippen LogP contribution in [0.5, 0.6) is 0 Å². The molecule has 0 spiro atoms. The number of hydrogen-bond donors (Lipinski definition) is 2. The Bertz CT molecular complexity index is 1240. The molecule has 4 rings (SSSR count). The molecule has 0 radical (unpaired) electrons. The fourth-order valence-corrected chi connectivity index (χ4v) is 3.26. The van der Waals surface area contributed by atoms with Crippen molar-refractivity contribution in [3.05, 3.63) is 66.9 Å². The van der Waals surface area contributed by atoms with Crippen LogP contribution in [0.2, 0.25) is 0 Å². The van der Waals surface area contributed by atoms with E-state index in [1.165, 1.54) is 12.4 Å². The van der Waals surface area contributed by atoms with E-state index < -0.39 is 0 Å². The quantitative estimate of drug-likeness (QED) is 0.510. The first kappa shape index (κ1) is 18.4. The van der Waals surface area contributed by atoms with Crippen molar-refractivity contribution in [2.75, 3.05) is 10.6 Å². The van der Waals surface area contributed by atoms with Crippen LogP contribution < -0.4 is 10.6 Å². The molecule has 0 aliphatic heterocycles. The van der Waals surface area contributed by atoms with Crippen LogP contribution in [0.25, 0.3) is 16.7 Å². The van der Waals surface area contributed by atoms with Crippen LogP contribution >= 0.6 is 0 Å². The normalized spacial score (nSPS) is 10.9. The number of fused-ring (bicyclic) bond motifs is 1. The number of rotatable bonds is 5. The number of nitrogens with one attached hydrogen (secondary N) is 2. The van der Waals surface area contributed by atoms with Gasteiger partial charge in [-0.2, -0.15) is 5.10 Å². The molecule has 8 heteroatoms. The average molecular weight is 387 g/mol. The maximum Gasteiger partial charge on any atom is 0.247 e. The summed E-state index contributed by atoms with van der Waals surface area (Å²) >= 11 is 0. The molecule has 1 amide bonds. The molecule has 0 atom stereocenters. The number of nitrogens with zero attached hydrogens (tertiary/aromatic N) is 5. The fourth-order valence-electron chi connectivity index (χ4n) is 3.26. The van der Waals surface area contributed by atoms with E-state index in [9.17, 15) is 4.79 Å². The maximum absolute atomic E-state index is 11.6. The number of amides is 1. The van der Waals surface area contributed by atoms with Crippen LogP contribution in [0.4, 0.5) is 17.2 Å². The van der Waals surface area contributed by atoms with Gasteiger partial charge in [0.15, 0.2) is 0 Å². The van der Waals surface area contributed by atoms with E-state index in [-0.39, 0.29) is 5.91 Å². The van der Waals surface area contributed by atoms with E-state index in [2.05, 4.69) is 32.3 Å². The van der Waals surface area contributed by atoms with Crippen molar-refractivity contribution in [3.63, 3.8) is 0 Å².